The summed E-state index contributed by atoms with van der Waals surface area (Å²) in [6.45, 7) is 8.92. The summed E-state index contributed by atoms with van der Waals surface area (Å²) in [6.07, 6.45) is 7.91. The molecule has 0 spiro atoms. The minimum absolute atomic E-state index is 0.716. The highest BCUT2D eigenvalue weighted by atomic mass is 16.5. The number of ether oxygens (including phenoxy) is 1. The number of nitrogens with zero attached hydrogens (tertiary/aromatic N) is 1. The van der Waals surface area contributed by atoms with E-state index < -0.39 is 0 Å². The van der Waals surface area contributed by atoms with E-state index in [2.05, 4.69) is 24.1 Å². The highest BCUT2D eigenvalue weighted by Crippen LogP contribution is 2.26. The van der Waals surface area contributed by atoms with Crippen molar-refractivity contribution in [2.24, 2.45) is 0 Å². The Kier molecular flexibility index (Phi) is 8.64. The molecule has 1 saturated carbocycles. The van der Waals surface area contributed by atoms with Crippen LogP contribution >= 0.6 is 0 Å². The normalized spacial score (nSPS) is 17.3. The van der Waals surface area contributed by atoms with Crippen LogP contribution in [0.15, 0.2) is 0 Å². The largest absolute Gasteiger partial charge is 0.383 e. The zero-order valence-corrected chi connectivity index (χ0v) is 12.6. The van der Waals surface area contributed by atoms with Gasteiger partial charge in [-0.15, -0.1) is 0 Å². The first-order valence-electron chi connectivity index (χ1n) is 7.78. The molecule has 0 radical (unpaired) electrons. The fourth-order valence-electron chi connectivity index (χ4n) is 2.46. The van der Waals surface area contributed by atoms with E-state index in [4.69, 9.17) is 4.74 Å². The SMILES string of the molecule is CCCNC(CC)CCCN(CCOC)C1CC1. The summed E-state index contributed by atoms with van der Waals surface area (Å²) >= 11 is 0. The van der Waals surface area contributed by atoms with Gasteiger partial charge in [0.1, 0.15) is 0 Å². The van der Waals surface area contributed by atoms with E-state index in [9.17, 15) is 0 Å². The number of nitrogens with one attached hydrogen (secondary N) is 1. The molecule has 1 N–H and O–H groups in total. The van der Waals surface area contributed by atoms with E-state index in [1.165, 1.54) is 45.1 Å². The maximum absolute atomic E-state index is 5.20. The summed E-state index contributed by atoms with van der Waals surface area (Å²) in [6, 6.07) is 1.58. The standard InChI is InChI=1S/C15H32N2O/c1-4-10-16-14(5-2)7-6-11-17(12-13-18-3)15-8-9-15/h14-16H,4-13H2,1-3H3. The molecule has 0 aromatic carbocycles. The van der Waals surface area contributed by atoms with Gasteiger partial charge in [-0.25, -0.2) is 0 Å². The Morgan fingerprint density at radius 3 is 2.61 bits per heavy atom. The van der Waals surface area contributed by atoms with Crippen LogP contribution in [-0.4, -0.2) is 50.3 Å². The molecule has 1 rings (SSSR count). The maximum atomic E-state index is 5.20. The van der Waals surface area contributed by atoms with Gasteiger partial charge in [-0.2, -0.15) is 0 Å². The van der Waals surface area contributed by atoms with Gasteiger partial charge in [0, 0.05) is 25.7 Å². The maximum Gasteiger partial charge on any atom is 0.0589 e. The molecule has 0 heterocycles. The zero-order valence-electron chi connectivity index (χ0n) is 12.6. The first-order chi connectivity index (χ1) is 8.81. The highest BCUT2D eigenvalue weighted by molar-refractivity contribution is 4.84. The molecular weight excluding hydrogens is 224 g/mol. The van der Waals surface area contributed by atoms with Crippen molar-refractivity contribution in [1.29, 1.82) is 0 Å². The lowest BCUT2D eigenvalue weighted by Crippen LogP contribution is -2.33. The molecule has 18 heavy (non-hydrogen) atoms. The molecule has 1 atom stereocenters. The Bertz CT molecular complexity index is 195. The van der Waals surface area contributed by atoms with Gasteiger partial charge in [0.15, 0.2) is 0 Å². The summed E-state index contributed by atoms with van der Waals surface area (Å²) in [5.41, 5.74) is 0. The third kappa shape index (κ3) is 6.72. The van der Waals surface area contributed by atoms with Gasteiger partial charge in [0.05, 0.1) is 6.61 Å². The molecule has 108 valence electrons. The number of methoxy groups -OCH3 is 1. The predicted molar refractivity (Wildman–Crippen MR) is 78.1 cm³/mol. The molecule has 0 aromatic rings. The van der Waals surface area contributed by atoms with Gasteiger partial charge in [0.2, 0.25) is 0 Å². The predicted octanol–water partition coefficient (Wildman–Crippen LogP) is 2.66. The molecule has 1 aliphatic carbocycles. The third-order valence-corrected chi connectivity index (χ3v) is 3.82. The van der Waals surface area contributed by atoms with E-state index in [0.717, 1.165) is 25.7 Å². The number of hydrogen-bond acceptors (Lipinski definition) is 3. The minimum atomic E-state index is 0.716. The highest BCUT2D eigenvalue weighted by Gasteiger charge is 2.28. The molecule has 3 nitrogen and oxygen atoms in total. The van der Waals surface area contributed by atoms with Gasteiger partial charge >= 0.3 is 0 Å². The lowest BCUT2D eigenvalue weighted by Gasteiger charge is -2.23. The van der Waals surface area contributed by atoms with Crippen LogP contribution in [0.25, 0.3) is 0 Å². The second-order valence-electron chi connectivity index (χ2n) is 5.46. The molecule has 1 fully saturated rings. The van der Waals surface area contributed by atoms with Crippen molar-refractivity contribution in [2.75, 3.05) is 33.4 Å². The Morgan fingerprint density at radius 1 is 1.28 bits per heavy atom. The van der Waals surface area contributed by atoms with Crippen LogP contribution in [0.1, 0.15) is 52.4 Å². The van der Waals surface area contributed by atoms with E-state index >= 15 is 0 Å². The number of rotatable bonds is 12. The minimum Gasteiger partial charge on any atom is -0.383 e. The van der Waals surface area contributed by atoms with E-state index in [0.29, 0.717) is 6.04 Å². The Labute approximate surface area is 113 Å². The Balaban J connectivity index is 2.12. The second-order valence-corrected chi connectivity index (χ2v) is 5.46. The fraction of sp³-hybridized carbons (Fsp3) is 1.00. The monoisotopic (exact) mass is 256 g/mol. The zero-order chi connectivity index (χ0) is 13.2. The van der Waals surface area contributed by atoms with Crippen LogP contribution in [-0.2, 0) is 4.74 Å². The number of hydrogen-bond donors (Lipinski definition) is 1. The van der Waals surface area contributed by atoms with Gasteiger partial charge in [-0.05, 0) is 51.6 Å². The quantitative estimate of drug-likeness (QED) is 0.581. The van der Waals surface area contributed by atoms with Crippen LogP contribution in [0.2, 0.25) is 0 Å². The van der Waals surface area contributed by atoms with Crippen LogP contribution in [0.3, 0.4) is 0 Å². The topological polar surface area (TPSA) is 24.5 Å². The molecule has 1 aliphatic rings. The van der Waals surface area contributed by atoms with Crippen molar-refractivity contribution >= 4 is 0 Å². The van der Waals surface area contributed by atoms with Crippen molar-refractivity contribution in [2.45, 2.75) is 64.5 Å². The Morgan fingerprint density at radius 2 is 2.06 bits per heavy atom. The summed E-state index contributed by atoms with van der Waals surface area (Å²) in [7, 11) is 1.80. The summed E-state index contributed by atoms with van der Waals surface area (Å²) in [4.78, 5) is 2.62. The fourth-order valence-corrected chi connectivity index (χ4v) is 2.46. The third-order valence-electron chi connectivity index (χ3n) is 3.82. The van der Waals surface area contributed by atoms with Crippen molar-refractivity contribution in [3.8, 4) is 0 Å². The lowest BCUT2D eigenvalue weighted by atomic mass is 10.1. The van der Waals surface area contributed by atoms with Gasteiger partial charge < -0.3 is 10.1 Å². The summed E-state index contributed by atoms with van der Waals surface area (Å²) in [5, 5.41) is 3.64. The van der Waals surface area contributed by atoms with E-state index in [1.54, 1.807) is 7.11 Å². The first kappa shape index (κ1) is 15.9. The van der Waals surface area contributed by atoms with Gasteiger partial charge in [-0.3, -0.25) is 4.90 Å². The molecule has 0 amide bonds. The smallest absolute Gasteiger partial charge is 0.0589 e. The average Bonchev–Trinajstić information content (AvgIpc) is 3.21. The molecule has 3 heteroatoms. The van der Waals surface area contributed by atoms with E-state index in [-0.39, 0.29) is 0 Å². The lowest BCUT2D eigenvalue weighted by molar-refractivity contribution is 0.141. The first-order valence-corrected chi connectivity index (χ1v) is 7.78. The van der Waals surface area contributed by atoms with Crippen LogP contribution in [0.5, 0.6) is 0 Å². The molecular formula is C15H32N2O. The Hall–Kier alpha value is -0.120. The molecule has 1 unspecified atom stereocenters. The summed E-state index contributed by atoms with van der Waals surface area (Å²) in [5.74, 6) is 0. The molecule has 0 aromatic heterocycles. The molecule has 0 bridgehead atoms. The van der Waals surface area contributed by atoms with Crippen LogP contribution < -0.4 is 5.32 Å². The second kappa shape index (κ2) is 9.76. The van der Waals surface area contributed by atoms with Crippen molar-refractivity contribution in [1.82, 2.24) is 10.2 Å². The van der Waals surface area contributed by atoms with E-state index in [1.807, 2.05) is 0 Å². The van der Waals surface area contributed by atoms with Gasteiger partial charge in [-0.1, -0.05) is 13.8 Å². The van der Waals surface area contributed by atoms with Crippen molar-refractivity contribution in [3.05, 3.63) is 0 Å². The van der Waals surface area contributed by atoms with Crippen molar-refractivity contribution in [3.63, 3.8) is 0 Å². The summed E-state index contributed by atoms with van der Waals surface area (Å²) < 4.78 is 5.20. The molecule has 0 saturated heterocycles. The van der Waals surface area contributed by atoms with Gasteiger partial charge in [0.25, 0.3) is 0 Å². The van der Waals surface area contributed by atoms with Crippen LogP contribution in [0.4, 0.5) is 0 Å². The average molecular weight is 256 g/mol. The van der Waals surface area contributed by atoms with Crippen molar-refractivity contribution < 1.29 is 4.74 Å². The van der Waals surface area contributed by atoms with Crippen LogP contribution in [0, 0.1) is 0 Å². The molecule has 0 aliphatic heterocycles.